The Morgan fingerprint density at radius 1 is 1.20 bits per heavy atom. The number of rotatable bonds is 3. The van der Waals surface area contributed by atoms with Crippen molar-refractivity contribution in [3.8, 4) is 5.75 Å². The first kappa shape index (κ1) is 35.3. The zero-order chi connectivity index (χ0) is 35.3. The largest absolute Gasteiger partial charge is 0.490 e. The van der Waals surface area contributed by atoms with Crippen molar-refractivity contribution in [2.45, 2.75) is 88.4 Å². The molecule has 12 heteroatoms. The van der Waals surface area contributed by atoms with E-state index in [-0.39, 0.29) is 34.8 Å². The van der Waals surface area contributed by atoms with Gasteiger partial charge in [0.1, 0.15) is 15.7 Å². The third-order valence-corrected chi connectivity index (χ3v) is 13.7. The van der Waals surface area contributed by atoms with Crippen LogP contribution in [0.5, 0.6) is 5.75 Å². The minimum Gasteiger partial charge on any atom is -0.490 e. The second kappa shape index (κ2) is 13.8. The first-order valence-electron chi connectivity index (χ1n) is 17.9. The van der Waals surface area contributed by atoms with Crippen molar-refractivity contribution in [3.05, 3.63) is 70.3 Å². The van der Waals surface area contributed by atoms with E-state index in [0.29, 0.717) is 50.0 Å². The fraction of sp³-hybridized carbons (Fsp3) is 0.579. The van der Waals surface area contributed by atoms with Crippen molar-refractivity contribution in [2.24, 2.45) is 22.1 Å². The van der Waals surface area contributed by atoms with Gasteiger partial charge in [0.25, 0.3) is 5.91 Å². The van der Waals surface area contributed by atoms with E-state index in [1.54, 1.807) is 20.1 Å². The summed E-state index contributed by atoms with van der Waals surface area (Å²) in [6.45, 7) is 5.64. The summed E-state index contributed by atoms with van der Waals surface area (Å²) in [6, 6.07) is 10.6. The first-order chi connectivity index (χ1) is 23.8. The van der Waals surface area contributed by atoms with Gasteiger partial charge in [-0.25, -0.2) is 9.00 Å². The Balaban J connectivity index is 1.26. The lowest BCUT2D eigenvalue weighted by Gasteiger charge is -2.46. The van der Waals surface area contributed by atoms with Crippen molar-refractivity contribution >= 4 is 39.1 Å². The molecular formula is C38H49ClN4O6S. The molecule has 5 aliphatic rings. The molecule has 50 heavy (non-hydrogen) atoms. The number of halogens is 1. The Labute approximate surface area is 300 Å². The van der Waals surface area contributed by atoms with Crippen LogP contribution in [0.4, 0.5) is 10.5 Å². The number of urea groups is 1. The highest BCUT2D eigenvalue weighted by Crippen LogP contribution is 2.47. The highest BCUT2D eigenvalue weighted by molar-refractivity contribution is 7.92. The average Bonchev–Trinajstić information content (AvgIpc) is 3.17. The van der Waals surface area contributed by atoms with E-state index in [0.717, 1.165) is 49.4 Å². The number of benzene rings is 2. The Morgan fingerprint density at radius 3 is 2.76 bits per heavy atom. The lowest BCUT2D eigenvalue weighted by atomic mass is 9.68. The molecule has 3 N–H and O–H groups in total. The van der Waals surface area contributed by atoms with E-state index in [2.05, 4.69) is 43.6 Å². The van der Waals surface area contributed by atoms with Gasteiger partial charge in [0.2, 0.25) is 0 Å². The van der Waals surface area contributed by atoms with Crippen molar-refractivity contribution in [1.29, 1.82) is 0 Å². The van der Waals surface area contributed by atoms with Crippen LogP contribution in [0.2, 0.25) is 5.02 Å². The van der Waals surface area contributed by atoms with Crippen LogP contribution < -0.4 is 19.7 Å². The number of hydrogen-bond acceptors (Lipinski definition) is 7. The van der Waals surface area contributed by atoms with Crippen LogP contribution >= 0.6 is 11.6 Å². The van der Waals surface area contributed by atoms with E-state index in [1.165, 1.54) is 11.1 Å². The second-order valence-corrected chi connectivity index (χ2v) is 18.1. The molecule has 7 rings (SSSR count). The van der Waals surface area contributed by atoms with Gasteiger partial charge in [0.15, 0.2) is 0 Å². The number of fused-ring (bicyclic) bond motifs is 4. The van der Waals surface area contributed by atoms with Crippen LogP contribution in [0.25, 0.3) is 0 Å². The predicted octanol–water partition coefficient (Wildman–Crippen LogP) is 6.19. The minimum absolute atomic E-state index is 0.00525. The molecule has 1 spiro atoms. The fourth-order valence-electron chi connectivity index (χ4n) is 8.83. The number of carbonyl (C=O) groups is 2. The third kappa shape index (κ3) is 7.29. The molecule has 2 aromatic rings. The molecule has 2 saturated carbocycles. The summed E-state index contributed by atoms with van der Waals surface area (Å²) in [5.74, 6) is 0.607. The smallest absolute Gasteiger partial charge is 0.327 e. The number of anilines is 1. The molecule has 6 atom stereocenters. The molecule has 0 radical (unpaired) electrons. The molecule has 10 nitrogen and oxygen atoms in total. The van der Waals surface area contributed by atoms with Crippen LogP contribution in [0.15, 0.2) is 52.9 Å². The molecule has 0 aromatic heterocycles. The summed E-state index contributed by atoms with van der Waals surface area (Å²) in [7, 11) is -1.76. The summed E-state index contributed by atoms with van der Waals surface area (Å²) in [5, 5.41) is 13.6. The van der Waals surface area contributed by atoms with Gasteiger partial charge < -0.3 is 24.8 Å². The molecule has 2 bridgehead atoms. The molecule has 2 aliphatic heterocycles. The Kier molecular flexibility index (Phi) is 9.73. The molecule has 2 aromatic carbocycles. The van der Waals surface area contributed by atoms with Crippen LogP contribution in [0.3, 0.4) is 0 Å². The van der Waals surface area contributed by atoms with Gasteiger partial charge in [-0.1, -0.05) is 36.7 Å². The Bertz CT molecular complexity index is 1800. The number of aliphatic hydroxyl groups is 1. The van der Waals surface area contributed by atoms with Crippen molar-refractivity contribution in [1.82, 2.24) is 10.0 Å². The summed E-state index contributed by atoms with van der Waals surface area (Å²) in [6.07, 6.45) is 10.6. The SMILES string of the molecule is CO[C@H]1/C=C/C[C@H](C)CS(=O)(NC(=O)N[C@H]2C[C@](C)(O)C2)=NC(=O)c2ccc3c(c2)N(C[C@@H]2CC[C@H]21)C[C@@]1(CCCc2cc(Cl)ccc21)CO3. The molecule has 270 valence electrons. The van der Waals surface area contributed by atoms with Gasteiger partial charge in [-0.2, -0.15) is 0 Å². The van der Waals surface area contributed by atoms with Gasteiger partial charge in [-0.15, -0.1) is 4.36 Å². The van der Waals surface area contributed by atoms with E-state index in [9.17, 15) is 18.9 Å². The number of aryl methyl sites for hydroxylation is 1. The summed E-state index contributed by atoms with van der Waals surface area (Å²) in [5.41, 5.74) is 2.53. The van der Waals surface area contributed by atoms with E-state index < -0.39 is 27.5 Å². The molecule has 0 saturated heterocycles. The summed E-state index contributed by atoms with van der Waals surface area (Å²) in [4.78, 5) is 29.3. The van der Waals surface area contributed by atoms with Crippen LogP contribution in [0.1, 0.15) is 80.3 Å². The van der Waals surface area contributed by atoms with E-state index in [4.69, 9.17) is 21.1 Å². The van der Waals surface area contributed by atoms with Gasteiger partial charge in [0.05, 0.1) is 29.8 Å². The molecule has 2 fully saturated rings. The summed E-state index contributed by atoms with van der Waals surface area (Å²) < 4.78 is 33.8. The molecule has 3 aliphatic carbocycles. The number of amides is 3. The van der Waals surface area contributed by atoms with Crippen molar-refractivity contribution in [2.75, 3.05) is 37.5 Å². The van der Waals surface area contributed by atoms with Crippen molar-refractivity contribution in [3.63, 3.8) is 0 Å². The fourth-order valence-corrected chi connectivity index (χ4v) is 10.9. The number of methoxy groups -OCH3 is 1. The van der Waals surface area contributed by atoms with Crippen LogP contribution in [-0.4, -0.2) is 71.6 Å². The highest BCUT2D eigenvalue weighted by Gasteiger charge is 2.45. The Hall–Kier alpha value is -3.12. The van der Waals surface area contributed by atoms with E-state index >= 15 is 0 Å². The normalized spacial score (nSPS) is 35.9. The lowest BCUT2D eigenvalue weighted by Crippen LogP contribution is -2.56. The van der Waals surface area contributed by atoms with Crippen LogP contribution in [0, 0.1) is 17.8 Å². The number of nitrogens with zero attached hydrogens (tertiary/aromatic N) is 2. The van der Waals surface area contributed by atoms with Crippen molar-refractivity contribution < 1.29 is 28.4 Å². The standard InChI is InChI=1S/C38H49ClN4O6S/c1-24-6-4-8-33(48-3)30-12-9-27(30)20-43-22-38(15-5-7-25-16-28(39)11-13-31(25)38)23-49-34-14-10-26(17-32(34)43)35(44)41-50(47,21-24)42-36(45)40-29-18-37(2,46)19-29/h4,8,10-11,13-14,16-17,24,27,29-30,33,46H,5-7,9,12,15,18-23H2,1-3H3,(H2,40,41,42,44,45,47)/b8-4+/t24-,27-,29-,30+,33-,37-,38-,50?/m0/s1. The monoisotopic (exact) mass is 724 g/mol. The first-order valence-corrected chi connectivity index (χ1v) is 20.0. The Morgan fingerprint density at radius 2 is 2.02 bits per heavy atom. The van der Waals surface area contributed by atoms with Gasteiger partial charge in [0, 0.05) is 42.2 Å². The third-order valence-electron chi connectivity index (χ3n) is 11.5. The molecular weight excluding hydrogens is 676 g/mol. The summed E-state index contributed by atoms with van der Waals surface area (Å²) >= 11 is 6.45. The highest BCUT2D eigenvalue weighted by atomic mass is 35.5. The van der Waals surface area contributed by atoms with Gasteiger partial charge >= 0.3 is 6.03 Å². The quantitative estimate of drug-likeness (QED) is 0.322. The zero-order valence-electron chi connectivity index (χ0n) is 29.2. The number of nitrogens with one attached hydrogen (secondary N) is 2. The van der Waals surface area contributed by atoms with E-state index in [1.807, 2.05) is 25.1 Å². The number of ether oxygens (including phenoxy) is 2. The molecule has 1 unspecified atom stereocenters. The molecule has 3 amide bonds. The number of allylic oxidation sites excluding steroid dienone is 1. The topological polar surface area (TPSA) is 130 Å². The van der Waals surface area contributed by atoms with Gasteiger partial charge in [-0.3, -0.25) is 9.52 Å². The lowest BCUT2D eigenvalue weighted by molar-refractivity contribution is -0.0353. The second-order valence-electron chi connectivity index (χ2n) is 15.6. The number of hydrogen-bond donors (Lipinski definition) is 3. The maximum Gasteiger partial charge on any atom is 0.327 e. The zero-order valence-corrected chi connectivity index (χ0v) is 30.7. The van der Waals surface area contributed by atoms with Crippen LogP contribution in [-0.2, 0) is 26.5 Å². The maximum atomic E-state index is 14.4. The number of carbonyl (C=O) groups excluding carboxylic acids is 2. The average molecular weight is 725 g/mol. The van der Waals surface area contributed by atoms with Gasteiger partial charge in [-0.05, 0) is 118 Å². The maximum absolute atomic E-state index is 14.4. The predicted molar refractivity (Wildman–Crippen MR) is 195 cm³/mol. The molecule has 2 heterocycles. The minimum atomic E-state index is -3.52.